The van der Waals surface area contributed by atoms with Crippen molar-refractivity contribution in [1.82, 2.24) is 10.3 Å². The first-order chi connectivity index (χ1) is 8.88. The van der Waals surface area contributed by atoms with Gasteiger partial charge in [-0.25, -0.2) is 13.4 Å². The Bertz CT molecular complexity index is 583. The Morgan fingerprint density at radius 2 is 2.26 bits per heavy atom. The zero-order valence-corrected chi connectivity index (χ0v) is 11.7. The Kier molecular flexibility index (Phi) is 3.96. The quantitative estimate of drug-likeness (QED) is 0.797. The highest BCUT2D eigenvalue weighted by molar-refractivity contribution is 7.92. The van der Waals surface area contributed by atoms with Gasteiger partial charge in [0.05, 0.1) is 11.0 Å². The SMILES string of the molecule is Nc1cc(C(=O)NCC2CCCS2(=O)=O)cc(Cl)n1. The molecule has 2 heterocycles. The molecular formula is C11H14ClN3O3S. The number of carbonyl (C=O) groups excluding carboxylic acids is 1. The molecule has 0 saturated carbocycles. The van der Waals surface area contributed by atoms with Gasteiger partial charge in [0.15, 0.2) is 9.84 Å². The van der Waals surface area contributed by atoms with E-state index >= 15 is 0 Å². The lowest BCUT2D eigenvalue weighted by Gasteiger charge is -2.11. The van der Waals surface area contributed by atoms with Crippen molar-refractivity contribution in [2.75, 3.05) is 18.0 Å². The molecular weight excluding hydrogens is 290 g/mol. The van der Waals surface area contributed by atoms with Crippen molar-refractivity contribution in [3.05, 3.63) is 22.8 Å². The van der Waals surface area contributed by atoms with Crippen LogP contribution in [0.1, 0.15) is 23.2 Å². The van der Waals surface area contributed by atoms with E-state index in [9.17, 15) is 13.2 Å². The Hall–Kier alpha value is -1.34. The number of nitrogens with two attached hydrogens (primary N) is 1. The molecule has 8 heteroatoms. The number of carbonyl (C=O) groups is 1. The monoisotopic (exact) mass is 303 g/mol. The van der Waals surface area contributed by atoms with Gasteiger partial charge in [0.2, 0.25) is 0 Å². The predicted octanol–water partition coefficient (Wildman–Crippen LogP) is 0.624. The zero-order valence-electron chi connectivity index (χ0n) is 10.1. The largest absolute Gasteiger partial charge is 0.384 e. The number of sulfone groups is 1. The number of aromatic nitrogens is 1. The van der Waals surface area contributed by atoms with Gasteiger partial charge in [-0.2, -0.15) is 0 Å². The van der Waals surface area contributed by atoms with E-state index in [0.717, 1.165) is 0 Å². The topological polar surface area (TPSA) is 102 Å². The van der Waals surface area contributed by atoms with Gasteiger partial charge in [0, 0.05) is 12.1 Å². The number of halogens is 1. The van der Waals surface area contributed by atoms with E-state index in [1.54, 1.807) is 0 Å². The van der Waals surface area contributed by atoms with E-state index in [0.29, 0.717) is 12.8 Å². The highest BCUT2D eigenvalue weighted by Crippen LogP contribution is 2.19. The van der Waals surface area contributed by atoms with Gasteiger partial charge < -0.3 is 11.1 Å². The van der Waals surface area contributed by atoms with Crippen molar-refractivity contribution in [3.63, 3.8) is 0 Å². The first kappa shape index (κ1) is 14.1. The average Bonchev–Trinajstić information content (AvgIpc) is 2.64. The van der Waals surface area contributed by atoms with E-state index in [1.807, 2.05) is 0 Å². The van der Waals surface area contributed by atoms with Crippen molar-refractivity contribution < 1.29 is 13.2 Å². The molecule has 1 aromatic rings. The number of amides is 1. The maximum atomic E-state index is 11.9. The molecule has 0 spiro atoms. The first-order valence-corrected chi connectivity index (χ1v) is 7.90. The minimum absolute atomic E-state index is 0.112. The highest BCUT2D eigenvalue weighted by atomic mass is 35.5. The summed E-state index contributed by atoms with van der Waals surface area (Å²) in [5.41, 5.74) is 5.76. The van der Waals surface area contributed by atoms with Gasteiger partial charge in [-0.1, -0.05) is 11.6 Å². The maximum Gasteiger partial charge on any atom is 0.251 e. The number of nitrogens with one attached hydrogen (secondary N) is 1. The summed E-state index contributed by atoms with van der Waals surface area (Å²) in [6.07, 6.45) is 1.23. The first-order valence-electron chi connectivity index (χ1n) is 5.81. The number of nitrogens with zero attached hydrogens (tertiary/aromatic N) is 1. The van der Waals surface area contributed by atoms with E-state index in [4.69, 9.17) is 17.3 Å². The third-order valence-electron chi connectivity index (χ3n) is 3.03. The van der Waals surface area contributed by atoms with Crippen LogP contribution in [-0.2, 0) is 9.84 Å². The molecule has 1 amide bonds. The molecule has 6 nitrogen and oxygen atoms in total. The van der Waals surface area contributed by atoms with Gasteiger partial charge in [-0.3, -0.25) is 4.79 Å². The summed E-state index contributed by atoms with van der Waals surface area (Å²) in [6.45, 7) is 0.112. The second-order valence-corrected chi connectivity index (χ2v) is 7.23. The van der Waals surface area contributed by atoms with Crippen molar-refractivity contribution in [2.45, 2.75) is 18.1 Å². The maximum absolute atomic E-state index is 11.9. The predicted molar refractivity (Wildman–Crippen MR) is 72.8 cm³/mol. The summed E-state index contributed by atoms with van der Waals surface area (Å²) >= 11 is 5.70. The van der Waals surface area contributed by atoms with E-state index in [2.05, 4.69) is 10.3 Å². The molecule has 1 aliphatic rings. The molecule has 1 fully saturated rings. The summed E-state index contributed by atoms with van der Waals surface area (Å²) in [6, 6.07) is 2.78. The van der Waals surface area contributed by atoms with Gasteiger partial charge >= 0.3 is 0 Å². The second-order valence-electron chi connectivity index (χ2n) is 4.44. The Balaban J connectivity index is 2.02. The van der Waals surface area contributed by atoms with Gasteiger partial charge in [0.1, 0.15) is 11.0 Å². The third-order valence-corrected chi connectivity index (χ3v) is 5.50. The van der Waals surface area contributed by atoms with Crippen LogP contribution in [0, 0.1) is 0 Å². The number of nitrogen functional groups attached to an aromatic ring is 1. The Labute approximate surface area is 116 Å². The summed E-state index contributed by atoms with van der Waals surface area (Å²) < 4.78 is 23.2. The zero-order chi connectivity index (χ0) is 14.0. The van der Waals surface area contributed by atoms with Crippen LogP contribution in [0.25, 0.3) is 0 Å². The molecule has 19 heavy (non-hydrogen) atoms. The van der Waals surface area contributed by atoms with E-state index in [1.165, 1.54) is 12.1 Å². The molecule has 1 aromatic heterocycles. The highest BCUT2D eigenvalue weighted by Gasteiger charge is 2.31. The smallest absolute Gasteiger partial charge is 0.251 e. The second kappa shape index (κ2) is 5.34. The normalized spacial score (nSPS) is 21.2. The van der Waals surface area contributed by atoms with Crippen LogP contribution in [0.5, 0.6) is 0 Å². The van der Waals surface area contributed by atoms with Crippen LogP contribution in [0.15, 0.2) is 12.1 Å². The van der Waals surface area contributed by atoms with Crippen molar-refractivity contribution in [3.8, 4) is 0 Å². The summed E-state index contributed by atoms with van der Waals surface area (Å²) in [5.74, 6) is -0.0640. The molecule has 1 unspecified atom stereocenters. The van der Waals surface area contributed by atoms with Crippen LogP contribution in [-0.4, -0.2) is 36.9 Å². The summed E-state index contributed by atoms with van der Waals surface area (Å²) in [4.78, 5) is 15.6. The van der Waals surface area contributed by atoms with Crippen LogP contribution < -0.4 is 11.1 Å². The Morgan fingerprint density at radius 3 is 2.84 bits per heavy atom. The molecule has 3 N–H and O–H groups in total. The third kappa shape index (κ3) is 3.36. The molecule has 1 saturated heterocycles. The standard InChI is InChI=1S/C11H14ClN3O3S/c12-9-4-7(5-10(13)15-9)11(16)14-6-8-2-1-3-19(8,17)18/h4-5,8H,1-3,6H2,(H2,13,15)(H,14,16). The molecule has 1 aliphatic heterocycles. The van der Waals surface area contributed by atoms with Crippen LogP contribution in [0.4, 0.5) is 5.82 Å². The van der Waals surface area contributed by atoms with Crippen molar-refractivity contribution in [1.29, 1.82) is 0 Å². The van der Waals surface area contributed by atoms with Gasteiger partial charge in [0.25, 0.3) is 5.91 Å². The molecule has 0 bridgehead atoms. The fourth-order valence-electron chi connectivity index (χ4n) is 2.04. The summed E-state index contributed by atoms with van der Waals surface area (Å²) in [5, 5.41) is 2.22. The lowest BCUT2D eigenvalue weighted by Crippen LogP contribution is -2.34. The lowest BCUT2D eigenvalue weighted by molar-refractivity contribution is 0.0953. The van der Waals surface area contributed by atoms with Crippen LogP contribution in [0.2, 0.25) is 5.15 Å². The molecule has 104 valence electrons. The van der Waals surface area contributed by atoms with Gasteiger partial charge in [-0.15, -0.1) is 0 Å². The molecule has 0 radical (unpaired) electrons. The van der Waals surface area contributed by atoms with E-state index < -0.39 is 21.0 Å². The molecule has 1 atom stereocenters. The van der Waals surface area contributed by atoms with Crippen LogP contribution >= 0.6 is 11.6 Å². The number of anilines is 1. The summed E-state index contributed by atoms with van der Waals surface area (Å²) in [7, 11) is -3.06. The van der Waals surface area contributed by atoms with Crippen molar-refractivity contribution >= 4 is 33.2 Å². The van der Waals surface area contributed by atoms with Gasteiger partial charge in [-0.05, 0) is 25.0 Å². The molecule has 0 aliphatic carbocycles. The molecule has 0 aromatic carbocycles. The lowest BCUT2D eigenvalue weighted by atomic mass is 10.2. The van der Waals surface area contributed by atoms with Crippen molar-refractivity contribution in [2.24, 2.45) is 0 Å². The minimum Gasteiger partial charge on any atom is -0.384 e. The number of hydrogen-bond acceptors (Lipinski definition) is 5. The fraction of sp³-hybridized carbons (Fsp3) is 0.455. The Morgan fingerprint density at radius 1 is 1.53 bits per heavy atom. The number of pyridine rings is 1. The number of hydrogen-bond donors (Lipinski definition) is 2. The van der Waals surface area contributed by atoms with E-state index in [-0.39, 0.29) is 28.8 Å². The minimum atomic E-state index is -3.06. The van der Waals surface area contributed by atoms with Crippen LogP contribution in [0.3, 0.4) is 0 Å². The number of rotatable bonds is 3. The average molecular weight is 304 g/mol. The fourth-order valence-corrected chi connectivity index (χ4v) is 4.02. The molecule has 2 rings (SSSR count).